The number of nitrogens with one attached hydrogen (secondary N) is 2. The third-order valence-electron chi connectivity index (χ3n) is 5.15. The SMILES string of the molecule is CN(c1ccc(C2N=C(NC#N)Nc3nc(N)c(C#N)c(N)c32)cc1)c1cccc(F)c1. The summed E-state index contributed by atoms with van der Waals surface area (Å²) in [5, 5.41) is 23.8. The minimum Gasteiger partial charge on any atom is -0.397 e. The van der Waals surface area contributed by atoms with E-state index < -0.39 is 6.04 Å². The van der Waals surface area contributed by atoms with Crippen molar-refractivity contribution in [2.45, 2.75) is 6.04 Å². The zero-order valence-electron chi connectivity index (χ0n) is 17.0. The Morgan fingerprint density at radius 3 is 2.53 bits per heavy atom. The lowest BCUT2D eigenvalue weighted by atomic mass is 9.95. The lowest BCUT2D eigenvalue weighted by Crippen LogP contribution is -2.32. The molecule has 1 atom stereocenters. The first-order chi connectivity index (χ1) is 15.4. The molecule has 0 radical (unpaired) electrons. The van der Waals surface area contributed by atoms with Crippen LogP contribution in [0.2, 0.25) is 0 Å². The Hall–Kier alpha value is -4.83. The molecule has 32 heavy (non-hydrogen) atoms. The Kier molecular flexibility index (Phi) is 5.19. The van der Waals surface area contributed by atoms with E-state index in [1.165, 1.54) is 12.1 Å². The first kappa shape index (κ1) is 20.4. The van der Waals surface area contributed by atoms with Crippen LogP contribution in [0.5, 0.6) is 0 Å². The molecule has 1 aliphatic rings. The fraction of sp³-hybridized carbons (Fsp3) is 0.0909. The van der Waals surface area contributed by atoms with Crippen molar-refractivity contribution in [1.29, 1.82) is 10.5 Å². The number of nitrogens with zero attached hydrogens (tertiary/aromatic N) is 5. The number of halogens is 1. The van der Waals surface area contributed by atoms with Gasteiger partial charge in [0.15, 0.2) is 6.19 Å². The van der Waals surface area contributed by atoms with Gasteiger partial charge in [0.05, 0.1) is 5.69 Å². The number of hydrogen-bond donors (Lipinski definition) is 4. The van der Waals surface area contributed by atoms with Crippen molar-refractivity contribution in [3.8, 4) is 12.3 Å². The summed E-state index contributed by atoms with van der Waals surface area (Å²) < 4.78 is 13.6. The molecule has 0 spiro atoms. The Balaban J connectivity index is 1.76. The van der Waals surface area contributed by atoms with Gasteiger partial charge in [-0.05, 0) is 35.9 Å². The number of hydrogen-bond acceptors (Lipinski definition) is 9. The van der Waals surface area contributed by atoms with Crippen LogP contribution in [0.3, 0.4) is 0 Å². The maximum absolute atomic E-state index is 13.6. The van der Waals surface area contributed by atoms with Gasteiger partial charge >= 0.3 is 0 Å². The van der Waals surface area contributed by atoms with Crippen LogP contribution >= 0.6 is 0 Å². The molecule has 1 unspecified atom stereocenters. The highest BCUT2D eigenvalue weighted by atomic mass is 19.1. The highest BCUT2D eigenvalue weighted by Crippen LogP contribution is 2.40. The maximum Gasteiger partial charge on any atom is 0.211 e. The van der Waals surface area contributed by atoms with Gasteiger partial charge in [0.1, 0.15) is 35.1 Å². The van der Waals surface area contributed by atoms with Crippen molar-refractivity contribution in [1.82, 2.24) is 10.3 Å². The van der Waals surface area contributed by atoms with Crippen molar-refractivity contribution in [3.05, 3.63) is 71.0 Å². The number of guanidine groups is 1. The van der Waals surface area contributed by atoms with Gasteiger partial charge in [0.25, 0.3) is 0 Å². The standard InChI is InChI=1S/C22H18FN9/c1-32(15-4-2-3-13(23)9-15)14-7-5-12(6-8-14)19-17-18(26)16(10-24)20(27)30-21(17)31-22(29-19)28-11-25/h2-9,19H,1H3,(H6,26,27,28,29,30,31). The first-order valence-electron chi connectivity index (χ1n) is 9.51. The van der Waals surface area contributed by atoms with Crippen LogP contribution < -0.4 is 27.0 Å². The van der Waals surface area contributed by atoms with E-state index in [4.69, 9.17) is 16.7 Å². The summed E-state index contributed by atoms with van der Waals surface area (Å²) in [6.45, 7) is 0. The minimum atomic E-state index is -0.629. The summed E-state index contributed by atoms with van der Waals surface area (Å²) in [5.41, 5.74) is 15.1. The number of rotatable bonds is 3. The number of anilines is 5. The van der Waals surface area contributed by atoms with Gasteiger partial charge in [-0.3, -0.25) is 5.32 Å². The number of nitrogens with two attached hydrogens (primary N) is 2. The smallest absolute Gasteiger partial charge is 0.211 e. The van der Waals surface area contributed by atoms with E-state index in [2.05, 4.69) is 20.6 Å². The summed E-state index contributed by atoms with van der Waals surface area (Å²) in [4.78, 5) is 10.6. The molecule has 0 fully saturated rings. The van der Waals surface area contributed by atoms with Gasteiger partial charge in [0, 0.05) is 24.0 Å². The van der Waals surface area contributed by atoms with Gasteiger partial charge in [-0.1, -0.05) is 18.2 Å². The molecule has 0 saturated carbocycles. The lowest BCUT2D eigenvalue weighted by Gasteiger charge is -2.26. The van der Waals surface area contributed by atoms with Crippen LogP contribution in [0.1, 0.15) is 22.7 Å². The molecular weight excluding hydrogens is 409 g/mol. The Labute approximate surface area is 183 Å². The van der Waals surface area contributed by atoms with Crippen LogP contribution in [-0.4, -0.2) is 18.0 Å². The minimum absolute atomic E-state index is 0.0136. The quantitative estimate of drug-likeness (QED) is 0.368. The Morgan fingerprint density at radius 1 is 1.12 bits per heavy atom. The number of aliphatic imine (C=N–C) groups is 1. The molecule has 6 N–H and O–H groups in total. The average Bonchev–Trinajstić information content (AvgIpc) is 2.78. The largest absolute Gasteiger partial charge is 0.397 e. The Bertz CT molecular complexity index is 1300. The zero-order chi connectivity index (χ0) is 22.8. The molecule has 10 heteroatoms. The molecular formula is C22H18FN9. The van der Waals surface area contributed by atoms with Crippen molar-refractivity contribution in [2.75, 3.05) is 28.7 Å². The second-order valence-corrected chi connectivity index (χ2v) is 7.03. The molecule has 4 rings (SSSR count). The number of nitriles is 2. The van der Waals surface area contributed by atoms with E-state index in [0.29, 0.717) is 17.1 Å². The third-order valence-corrected chi connectivity index (χ3v) is 5.15. The van der Waals surface area contributed by atoms with Crippen LogP contribution in [0.15, 0.2) is 53.5 Å². The predicted octanol–water partition coefficient (Wildman–Crippen LogP) is 2.97. The summed E-state index contributed by atoms with van der Waals surface area (Å²) in [7, 11) is 1.83. The average molecular weight is 427 g/mol. The summed E-state index contributed by atoms with van der Waals surface area (Å²) in [6.07, 6.45) is 1.82. The molecule has 3 aromatic rings. The summed E-state index contributed by atoms with van der Waals surface area (Å²) >= 11 is 0. The van der Waals surface area contributed by atoms with Gasteiger partial charge in [-0.15, -0.1) is 0 Å². The molecule has 0 amide bonds. The van der Waals surface area contributed by atoms with E-state index >= 15 is 0 Å². The molecule has 2 aromatic carbocycles. The molecule has 158 valence electrons. The van der Waals surface area contributed by atoms with Crippen LogP contribution in [0, 0.1) is 28.6 Å². The number of pyridine rings is 1. The molecule has 1 aromatic heterocycles. The lowest BCUT2D eigenvalue weighted by molar-refractivity contribution is 0.628. The van der Waals surface area contributed by atoms with Gasteiger partial charge in [0.2, 0.25) is 5.96 Å². The second kappa shape index (κ2) is 8.13. The van der Waals surface area contributed by atoms with Gasteiger partial charge in [-0.2, -0.15) is 10.5 Å². The number of nitrogen functional groups attached to an aromatic ring is 2. The van der Waals surface area contributed by atoms with Crippen LogP contribution in [0.4, 0.5) is 33.1 Å². The van der Waals surface area contributed by atoms with Crippen molar-refractivity contribution in [2.24, 2.45) is 4.99 Å². The molecule has 0 bridgehead atoms. The van der Waals surface area contributed by atoms with Crippen molar-refractivity contribution >= 4 is 34.7 Å². The number of fused-ring (bicyclic) bond motifs is 1. The number of aromatic nitrogens is 1. The highest BCUT2D eigenvalue weighted by Gasteiger charge is 2.29. The van der Waals surface area contributed by atoms with Crippen LogP contribution in [0.25, 0.3) is 0 Å². The summed E-state index contributed by atoms with van der Waals surface area (Å²) in [6, 6.07) is 15.1. The van der Waals surface area contributed by atoms with Crippen LogP contribution in [-0.2, 0) is 0 Å². The molecule has 1 aliphatic heterocycles. The van der Waals surface area contributed by atoms with E-state index in [1.807, 2.05) is 54.5 Å². The topological polar surface area (TPSA) is 152 Å². The first-order valence-corrected chi connectivity index (χ1v) is 9.51. The van der Waals surface area contributed by atoms with Crippen molar-refractivity contribution in [3.63, 3.8) is 0 Å². The molecule has 2 heterocycles. The fourth-order valence-corrected chi connectivity index (χ4v) is 3.54. The number of benzene rings is 2. The van der Waals surface area contributed by atoms with Gasteiger partial charge < -0.3 is 21.7 Å². The van der Waals surface area contributed by atoms with E-state index in [1.54, 1.807) is 6.07 Å². The maximum atomic E-state index is 13.6. The normalized spacial score (nSPS) is 14.2. The Morgan fingerprint density at radius 2 is 1.88 bits per heavy atom. The third kappa shape index (κ3) is 3.57. The van der Waals surface area contributed by atoms with Gasteiger partial charge in [-0.25, -0.2) is 14.4 Å². The van der Waals surface area contributed by atoms with Crippen molar-refractivity contribution < 1.29 is 4.39 Å². The highest BCUT2D eigenvalue weighted by molar-refractivity contribution is 5.98. The second-order valence-electron chi connectivity index (χ2n) is 7.03. The summed E-state index contributed by atoms with van der Waals surface area (Å²) in [5.74, 6) is 0.166. The zero-order valence-corrected chi connectivity index (χ0v) is 17.0. The molecule has 9 nitrogen and oxygen atoms in total. The molecule has 0 saturated heterocycles. The van der Waals surface area contributed by atoms with E-state index in [-0.39, 0.29) is 28.8 Å². The van der Waals surface area contributed by atoms with E-state index in [0.717, 1.165) is 11.3 Å². The van der Waals surface area contributed by atoms with E-state index in [9.17, 15) is 9.65 Å². The molecule has 0 aliphatic carbocycles. The predicted molar refractivity (Wildman–Crippen MR) is 120 cm³/mol. The monoisotopic (exact) mass is 427 g/mol. The fourth-order valence-electron chi connectivity index (χ4n) is 3.54.